The van der Waals surface area contributed by atoms with E-state index in [-0.39, 0.29) is 11.6 Å². The zero-order valence-corrected chi connectivity index (χ0v) is 17.4. The van der Waals surface area contributed by atoms with E-state index in [0.717, 1.165) is 19.6 Å². The molecule has 0 unspecified atom stereocenters. The lowest BCUT2D eigenvalue weighted by atomic mass is 9.84. The average molecular weight is 423 g/mol. The summed E-state index contributed by atoms with van der Waals surface area (Å²) in [5, 5.41) is 12.7. The van der Waals surface area contributed by atoms with Crippen LogP contribution in [0.1, 0.15) is 24.8 Å². The van der Waals surface area contributed by atoms with Crippen molar-refractivity contribution in [3.63, 3.8) is 0 Å². The largest absolute Gasteiger partial charge is 0.513 e. The van der Waals surface area contributed by atoms with Crippen LogP contribution in [-0.4, -0.2) is 47.0 Å². The predicted octanol–water partition coefficient (Wildman–Crippen LogP) is 4.25. The van der Waals surface area contributed by atoms with Crippen LogP contribution in [0.4, 0.5) is 14.9 Å². The summed E-state index contributed by atoms with van der Waals surface area (Å²) in [4.78, 5) is 21.2. The predicted molar refractivity (Wildman–Crippen MR) is 120 cm³/mol. The maximum Gasteiger partial charge on any atom is 0.350 e. The van der Waals surface area contributed by atoms with Crippen molar-refractivity contribution >= 4 is 17.6 Å². The second-order valence-electron chi connectivity index (χ2n) is 8.09. The number of amidine groups is 1. The molecule has 2 heterocycles. The second kappa shape index (κ2) is 8.89. The van der Waals surface area contributed by atoms with Gasteiger partial charge in [0.2, 0.25) is 0 Å². The Balaban J connectivity index is 1.57. The number of benzene rings is 2. The number of carbonyl (C=O) groups is 1. The van der Waals surface area contributed by atoms with Crippen LogP contribution in [0, 0.1) is 5.82 Å². The molecule has 2 aromatic carbocycles. The Bertz CT molecular complexity index is 984. The molecular weight excluding hydrogens is 395 g/mol. The number of urea groups is 1. The number of aliphatic hydroxyl groups is 1. The number of amides is 2. The third-order valence-electron chi connectivity index (χ3n) is 5.97. The highest BCUT2D eigenvalue weighted by Crippen LogP contribution is 2.39. The van der Waals surface area contributed by atoms with Gasteiger partial charge in [0, 0.05) is 38.3 Å². The fourth-order valence-corrected chi connectivity index (χ4v) is 4.42. The molecule has 0 atom stereocenters. The molecule has 2 aromatic rings. The van der Waals surface area contributed by atoms with E-state index in [4.69, 9.17) is 0 Å². The van der Waals surface area contributed by atoms with Gasteiger partial charge in [-0.15, -0.1) is 0 Å². The van der Waals surface area contributed by atoms with Gasteiger partial charge in [-0.05, 0) is 36.6 Å². The lowest BCUT2D eigenvalue weighted by molar-refractivity contribution is 0.182. The van der Waals surface area contributed by atoms with Gasteiger partial charge in [0.25, 0.3) is 0 Å². The molecule has 4 rings (SSSR count). The molecule has 2 aliphatic rings. The van der Waals surface area contributed by atoms with Crippen molar-refractivity contribution in [1.29, 1.82) is 0 Å². The van der Waals surface area contributed by atoms with Crippen LogP contribution in [-0.2, 0) is 6.54 Å². The molecule has 2 aliphatic heterocycles. The molecule has 0 saturated carbocycles. The van der Waals surface area contributed by atoms with E-state index < -0.39 is 11.6 Å². The molecule has 0 aliphatic carbocycles. The van der Waals surface area contributed by atoms with Crippen molar-refractivity contribution in [2.75, 3.05) is 24.5 Å². The summed E-state index contributed by atoms with van der Waals surface area (Å²) >= 11 is 0. The molecule has 1 saturated heterocycles. The molecule has 2 amide bonds. The van der Waals surface area contributed by atoms with E-state index in [0.29, 0.717) is 37.3 Å². The molecule has 0 radical (unpaired) electrons. The summed E-state index contributed by atoms with van der Waals surface area (Å²) < 4.78 is 14.0. The van der Waals surface area contributed by atoms with Gasteiger partial charge < -0.3 is 10.4 Å². The van der Waals surface area contributed by atoms with Crippen molar-refractivity contribution < 1.29 is 14.3 Å². The molecule has 162 valence electrons. The maximum absolute atomic E-state index is 14.0. The van der Waals surface area contributed by atoms with Crippen LogP contribution in [0.2, 0.25) is 0 Å². The highest BCUT2D eigenvalue weighted by atomic mass is 19.1. The quantitative estimate of drug-likeness (QED) is 0.683. The van der Waals surface area contributed by atoms with Gasteiger partial charge in [0.1, 0.15) is 17.2 Å². The Morgan fingerprint density at radius 3 is 2.58 bits per heavy atom. The van der Waals surface area contributed by atoms with Gasteiger partial charge in [-0.3, -0.25) is 9.80 Å². The van der Waals surface area contributed by atoms with Crippen LogP contribution in [0.5, 0.6) is 0 Å². The van der Waals surface area contributed by atoms with Crippen LogP contribution >= 0.6 is 0 Å². The number of nitrogens with zero attached hydrogens (tertiary/aromatic N) is 3. The first-order valence-corrected chi connectivity index (χ1v) is 10.5. The van der Waals surface area contributed by atoms with Gasteiger partial charge in [-0.2, -0.15) is 4.99 Å². The number of likely N-dealkylation sites (tertiary alicyclic amines) is 1. The summed E-state index contributed by atoms with van der Waals surface area (Å²) in [5.74, 6) is 0.272. The average Bonchev–Trinajstić information content (AvgIpc) is 3.01. The monoisotopic (exact) mass is 422 g/mol. The Hall–Kier alpha value is -3.19. The molecule has 6 nitrogen and oxygen atoms in total. The summed E-state index contributed by atoms with van der Waals surface area (Å²) in [6.07, 6.45) is 1.71. The molecule has 0 bridgehead atoms. The molecule has 2 N–H and O–H groups in total. The number of carbonyl (C=O) groups excluding carboxylic acids is 1. The smallest absolute Gasteiger partial charge is 0.350 e. The minimum Gasteiger partial charge on any atom is -0.513 e. The van der Waals surface area contributed by atoms with Crippen molar-refractivity contribution in [2.45, 2.75) is 31.3 Å². The fourth-order valence-electron chi connectivity index (χ4n) is 4.42. The zero-order chi connectivity index (χ0) is 21.8. The third kappa shape index (κ3) is 4.46. The van der Waals surface area contributed by atoms with Crippen molar-refractivity contribution in [3.05, 3.63) is 78.3 Å². The minimum atomic E-state index is -0.658. The first-order chi connectivity index (χ1) is 15.0. The molecule has 1 fully saturated rings. The zero-order valence-electron chi connectivity index (χ0n) is 17.4. The normalized spacial score (nSPS) is 18.3. The SMILES string of the molecule is C=C(O)CCNC1=NC(=O)N(c2cccc(F)c2)C12CCN(Cc1ccccc1)CC2. The fraction of sp³-hybridized carbons (Fsp3) is 0.333. The van der Waals surface area contributed by atoms with E-state index in [1.807, 2.05) is 18.2 Å². The lowest BCUT2D eigenvalue weighted by Crippen LogP contribution is -2.61. The van der Waals surface area contributed by atoms with E-state index >= 15 is 0 Å². The van der Waals surface area contributed by atoms with E-state index in [1.54, 1.807) is 17.0 Å². The number of hydrogen-bond acceptors (Lipinski definition) is 4. The Kier molecular flexibility index (Phi) is 6.04. The second-order valence-corrected chi connectivity index (χ2v) is 8.09. The maximum atomic E-state index is 14.0. The van der Waals surface area contributed by atoms with Crippen molar-refractivity contribution in [2.24, 2.45) is 4.99 Å². The molecular formula is C24H27FN4O2. The first kappa shape index (κ1) is 21.1. The van der Waals surface area contributed by atoms with Gasteiger partial charge in [0.05, 0.1) is 5.76 Å². The van der Waals surface area contributed by atoms with E-state index in [9.17, 15) is 14.3 Å². The van der Waals surface area contributed by atoms with Crippen molar-refractivity contribution in [1.82, 2.24) is 10.2 Å². The number of anilines is 1. The number of aliphatic imine (C=N–C) groups is 1. The number of piperidine rings is 1. The molecule has 31 heavy (non-hydrogen) atoms. The van der Waals surface area contributed by atoms with Crippen molar-refractivity contribution in [3.8, 4) is 0 Å². The van der Waals surface area contributed by atoms with Crippen LogP contribution < -0.4 is 10.2 Å². The highest BCUT2D eigenvalue weighted by molar-refractivity contribution is 6.16. The highest BCUT2D eigenvalue weighted by Gasteiger charge is 2.51. The van der Waals surface area contributed by atoms with E-state index in [2.05, 4.69) is 33.9 Å². The Labute approximate surface area is 181 Å². The number of halogens is 1. The number of nitrogens with one attached hydrogen (secondary N) is 1. The number of aliphatic hydroxyl groups excluding tert-OH is 1. The van der Waals surface area contributed by atoms with E-state index in [1.165, 1.54) is 17.7 Å². The molecule has 7 heteroatoms. The standard InChI is InChI=1S/C24H27FN4O2/c1-18(30)10-13-26-22-24(29(23(31)27-22)21-9-5-8-20(25)16-21)11-14-28(15-12-24)17-19-6-3-2-4-7-19/h2-9,16,30H,1,10-15,17H2,(H,26,27,31). The first-order valence-electron chi connectivity index (χ1n) is 10.5. The summed E-state index contributed by atoms with van der Waals surface area (Å²) in [6, 6.07) is 16.0. The Morgan fingerprint density at radius 2 is 1.90 bits per heavy atom. The van der Waals surface area contributed by atoms with Gasteiger partial charge in [-0.1, -0.05) is 43.0 Å². The summed E-state index contributed by atoms with van der Waals surface area (Å²) in [5.41, 5.74) is 1.10. The third-order valence-corrected chi connectivity index (χ3v) is 5.97. The van der Waals surface area contributed by atoms with Gasteiger partial charge in [0.15, 0.2) is 0 Å². The topological polar surface area (TPSA) is 68.2 Å². The molecule has 0 aromatic heterocycles. The van der Waals surface area contributed by atoms with Gasteiger partial charge >= 0.3 is 6.03 Å². The number of rotatable bonds is 6. The lowest BCUT2D eigenvalue weighted by Gasteiger charge is -2.45. The van der Waals surface area contributed by atoms with Crippen LogP contribution in [0.15, 0.2) is 71.9 Å². The number of hydrogen-bond donors (Lipinski definition) is 2. The summed E-state index contributed by atoms with van der Waals surface area (Å²) in [7, 11) is 0. The summed E-state index contributed by atoms with van der Waals surface area (Å²) in [6.45, 7) is 6.34. The van der Waals surface area contributed by atoms with Gasteiger partial charge in [-0.25, -0.2) is 9.18 Å². The van der Waals surface area contributed by atoms with Crippen LogP contribution in [0.25, 0.3) is 0 Å². The Morgan fingerprint density at radius 1 is 1.16 bits per heavy atom. The molecule has 1 spiro atoms. The minimum absolute atomic E-state index is 0.0751. The van der Waals surface area contributed by atoms with Crippen LogP contribution in [0.3, 0.4) is 0 Å².